The lowest BCUT2D eigenvalue weighted by Crippen LogP contribution is -2.49. The molecule has 7 rings (SSSR count). The van der Waals surface area contributed by atoms with Crippen molar-refractivity contribution < 1.29 is 9.26 Å². The normalized spacial score (nSPS) is 27.9. The number of nitrogens with zero attached hydrogens (tertiary/aromatic N) is 6. The number of imidazole rings is 1. The molecule has 3 aromatic rings. The van der Waals surface area contributed by atoms with E-state index < -0.39 is 5.76 Å². The summed E-state index contributed by atoms with van der Waals surface area (Å²) in [6, 6.07) is 0.582. The van der Waals surface area contributed by atoms with Crippen molar-refractivity contribution in [2.75, 3.05) is 23.4 Å². The average Bonchev–Trinajstić information content (AvgIpc) is 3.66. The summed E-state index contributed by atoms with van der Waals surface area (Å²) in [4.78, 5) is 31.8. The molecule has 1 saturated heterocycles. The fourth-order valence-electron chi connectivity index (χ4n) is 7.26. The molecule has 4 fully saturated rings. The summed E-state index contributed by atoms with van der Waals surface area (Å²) >= 11 is 0. The second kappa shape index (κ2) is 10.6. The molecule has 1 aliphatic heterocycles. The Balaban J connectivity index is 1.35. The first-order valence-electron chi connectivity index (χ1n) is 15.2. The van der Waals surface area contributed by atoms with Gasteiger partial charge in [-0.05, 0) is 82.5 Å². The van der Waals surface area contributed by atoms with Crippen molar-refractivity contribution in [1.82, 2.24) is 29.7 Å². The fourth-order valence-corrected chi connectivity index (χ4v) is 7.26. The third-order valence-electron chi connectivity index (χ3n) is 9.86. The average molecular weight is 549 g/mol. The van der Waals surface area contributed by atoms with Crippen molar-refractivity contribution in [3.05, 3.63) is 23.2 Å². The van der Waals surface area contributed by atoms with Gasteiger partial charge in [-0.15, -0.1) is 6.58 Å². The lowest BCUT2D eigenvalue weighted by Gasteiger charge is -2.39. The maximum absolute atomic E-state index is 11.8. The van der Waals surface area contributed by atoms with Gasteiger partial charge in [0.2, 0.25) is 17.6 Å². The van der Waals surface area contributed by atoms with Gasteiger partial charge in [0.1, 0.15) is 5.52 Å². The van der Waals surface area contributed by atoms with Crippen LogP contribution in [-0.4, -0.2) is 61.0 Å². The smallest absolute Gasteiger partial charge is 0.374 e. The van der Waals surface area contributed by atoms with E-state index in [4.69, 9.17) is 24.2 Å². The van der Waals surface area contributed by atoms with Crippen LogP contribution < -0.4 is 16.0 Å². The van der Waals surface area contributed by atoms with Crippen LogP contribution in [0.3, 0.4) is 0 Å². The highest BCUT2D eigenvalue weighted by Gasteiger charge is 2.39. The number of H-pyrrole nitrogens is 1. The molecule has 40 heavy (non-hydrogen) atoms. The van der Waals surface area contributed by atoms with E-state index in [1.165, 1.54) is 51.4 Å². The third kappa shape index (κ3) is 4.71. The molecular weight excluding hydrogens is 508 g/mol. The van der Waals surface area contributed by atoms with Crippen LogP contribution in [0, 0.1) is 17.8 Å². The second-order valence-electron chi connectivity index (χ2n) is 12.3. The van der Waals surface area contributed by atoms with Crippen molar-refractivity contribution in [2.45, 2.75) is 95.9 Å². The molecule has 11 nitrogen and oxygen atoms in total. The quantitative estimate of drug-likeness (QED) is 0.391. The molecule has 0 aromatic carbocycles. The minimum Gasteiger partial charge on any atom is -0.374 e. The zero-order valence-corrected chi connectivity index (χ0v) is 23.3. The summed E-state index contributed by atoms with van der Waals surface area (Å²) in [7, 11) is 0. The zero-order chi connectivity index (χ0) is 27.2. The molecule has 11 heteroatoms. The van der Waals surface area contributed by atoms with Crippen LogP contribution in [0.1, 0.15) is 71.1 Å². The standard InChI is InChI=1S/C29H40N8O3/c1-3-18-10-12-19(13-11-18)16-37-23-24(30-17(2)20-6-4-7-20)31-26(27-34-29(38)40-35-27)32-25(23)33-28(37)36-14-15-39-22-9-5-8-21(22)36/h3,17-22H,1,4-16H2,2H3,(H,30,31,32)(H,34,35,38)/t17-,18?,19?,21?,22?/m1/s1. The second-order valence-corrected chi connectivity index (χ2v) is 12.3. The highest BCUT2D eigenvalue weighted by atomic mass is 16.5. The maximum atomic E-state index is 11.8. The number of allylic oxidation sites excluding steroid dienone is 1. The highest BCUT2D eigenvalue weighted by molar-refractivity contribution is 5.87. The number of anilines is 2. The lowest BCUT2D eigenvalue weighted by molar-refractivity contribution is 0.0247. The van der Waals surface area contributed by atoms with Gasteiger partial charge in [0.15, 0.2) is 11.5 Å². The summed E-state index contributed by atoms with van der Waals surface area (Å²) in [6.45, 7) is 8.67. The Morgan fingerprint density at radius 1 is 1.10 bits per heavy atom. The number of hydrogen-bond donors (Lipinski definition) is 2. The minimum absolute atomic E-state index is 0.215. The molecular formula is C29H40N8O3. The number of hydrogen-bond acceptors (Lipinski definition) is 9. The van der Waals surface area contributed by atoms with Gasteiger partial charge in [-0.2, -0.15) is 4.98 Å². The fraction of sp³-hybridized carbons (Fsp3) is 0.690. The van der Waals surface area contributed by atoms with E-state index in [1.807, 2.05) is 0 Å². The number of nitrogens with one attached hydrogen (secondary N) is 2. The molecule has 3 atom stereocenters. The van der Waals surface area contributed by atoms with Gasteiger partial charge >= 0.3 is 5.76 Å². The molecule has 0 spiro atoms. The van der Waals surface area contributed by atoms with E-state index >= 15 is 0 Å². The first-order chi connectivity index (χ1) is 19.6. The first kappa shape index (κ1) is 25.7. The molecule has 2 unspecified atom stereocenters. The van der Waals surface area contributed by atoms with E-state index in [9.17, 15) is 4.79 Å². The van der Waals surface area contributed by atoms with Gasteiger partial charge in [-0.1, -0.05) is 17.7 Å². The Hall–Kier alpha value is -3.21. The maximum Gasteiger partial charge on any atom is 0.439 e. The molecule has 3 aromatic heterocycles. The monoisotopic (exact) mass is 548 g/mol. The third-order valence-corrected chi connectivity index (χ3v) is 9.86. The number of rotatable bonds is 8. The summed E-state index contributed by atoms with van der Waals surface area (Å²) < 4.78 is 13.3. The summed E-state index contributed by atoms with van der Waals surface area (Å²) in [5, 5.41) is 7.62. The molecule has 0 amide bonds. The molecule has 0 radical (unpaired) electrons. The number of ether oxygens (including phenoxy) is 1. The predicted molar refractivity (Wildman–Crippen MR) is 152 cm³/mol. The largest absolute Gasteiger partial charge is 0.439 e. The van der Waals surface area contributed by atoms with Crippen LogP contribution in [0.25, 0.3) is 22.8 Å². The van der Waals surface area contributed by atoms with Gasteiger partial charge < -0.3 is 19.5 Å². The molecule has 4 heterocycles. The van der Waals surface area contributed by atoms with Crippen LogP contribution in [0.2, 0.25) is 0 Å². The number of morpholine rings is 1. The van der Waals surface area contributed by atoms with Crippen LogP contribution in [-0.2, 0) is 11.3 Å². The van der Waals surface area contributed by atoms with Gasteiger partial charge in [0.05, 0.1) is 18.8 Å². The van der Waals surface area contributed by atoms with Crippen LogP contribution in [0.15, 0.2) is 22.0 Å². The van der Waals surface area contributed by atoms with E-state index in [2.05, 4.69) is 44.5 Å². The van der Waals surface area contributed by atoms with E-state index in [-0.39, 0.29) is 18.0 Å². The van der Waals surface area contributed by atoms with Gasteiger partial charge in [-0.3, -0.25) is 9.51 Å². The number of fused-ring (bicyclic) bond motifs is 2. The number of aromatic nitrogens is 6. The Morgan fingerprint density at radius 2 is 1.93 bits per heavy atom. The summed E-state index contributed by atoms with van der Waals surface area (Å²) in [5.41, 5.74) is 1.55. The molecule has 3 aliphatic carbocycles. The number of aromatic amines is 1. The van der Waals surface area contributed by atoms with Crippen molar-refractivity contribution >= 4 is 22.9 Å². The molecule has 2 N–H and O–H groups in total. The van der Waals surface area contributed by atoms with E-state index in [1.54, 1.807) is 0 Å². The van der Waals surface area contributed by atoms with Gasteiger partial charge in [0.25, 0.3) is 0 Å². The summed E-state index contributed by atoms with van der Waals surface area (Å²) in [5.74, 6) is 3.39. The van der Waals surface area contributed by atoms with Crippen molar-refractivity contribution in [3.8, 4) is 11.6 Å². The highest BCUT2D eigenvalue weighted by Crippen LogP contribution is 2.39. The van der Waals surface area contributed by atoms with Gasteiger partial charge in [-0.25, -0.2) is 14.8 Å². The van der Waals surface area contributed by atoms with Crippen LogP contribution >= 0.6 is 0 Å². The molecule has 4 aliphatic rings. The van der Waals surface area contributed by atoms with Crippen molar-refractivity contribution in [1.29, 1.82) is 0 Å². The van der Waals surface area contributed by atoms with Crippen LogP contribution in [0.5, 0.6) is 0 Å². The topological polar surface area (TPSA) is 127 Å². The minimum atomic E-state index is -0.627. The Bertz CT molecular complexity index is 1420. The summed E-state index contributed by atoms with van der Waals surface area (Å²) in [6.07, 6.45) is 14.2. The SMILES string of the molecule is C=CC1CCC(Cn2c(N3CCOC4CCCC43)nc3nc(-c4noc(=O)[nH]4)nc(N[C@H](C)C4CCC4)c32)CC1. The van der Waals surface area contributed by atoms with Crippen molar-refractivity contribution in [3.63, 3.8) is 0 Å². The van der Waals surface area contributed by atoms with Gasteiger partial charge in [0, 0.05) is 19.1 Å². The zero-order valence-electron chi connectivity index (χ0n) is 23.3. The predicted octanol–water partition coefficient (Wildman–Crippen LogP) is 4.52. The Labute approximate surface area is 233 Å². The van der Waals surface area contributed by atoms with E-state index in [0.29, 0.717) is 41.9 Å². The molecule has 214 valence electrons. The Morgan fingerprint density at radius 3 is 2.65 bits per heavy atom. The molecule has 3 saturated carbocycles. The van der Waals surface area contributed by atoms with Crippen LogP contribution in [0.4, 0.5) is 11.8 Å². The van der Waals surface area contributed by atoms with Crippen molar-refractivity contribution in [2.24, 2.45) is 17.8 Å². The molecule has 0 bridgehead atoms. The first-order valence-corrected chi connectivity index (χ1v) is 15.2. The van der Waals surface area contributed by atoms with E-state index in [0.717, 1.165) is 43.2 Å². The lowest BCUT2D eigenvalue weighted by atomic mass is 9.80. The Kier molecular flexibility index (Phi) is 6.85.